The van der Waals surface area contributed by atoms with Gasteiger partial charge in [-0.1, -0.05) is 24.3 Å². The third-order valence-corrected chi connectivity index (χ3v) is 4.73. The van der Waals surface area contributed by atoms with E-state index in [-0.39, 0.29) is 5.92 Å². The molecule has 0 spiro atoms. The van der Waals surface area contributed by atoms with Gasteiger partial charge in [0, 0.05) is 22.5 Å². The van der Waals surface area contributed by atoms with Gasteiger partial charge in [-0.3, -0.25) is 0 Å². The number of methoxy groups -OCH3 is 1. The number of H-pyrrole nitrogens is 1. The molecule has 2 atom stereocenters. The second-order valence-electron chi connectivity index (χ2n) is 5.97. The van der Waals surface area contributed by atoms with E-state index in [1.54, 1.807) is 7.11 Å². The lowest BCUT2D eigenvalue weighted by Gasteiger charge is -2.29. The normalized spacial score (nSPS) is 20.8. The van der Waals surface area contributed by atoms with Gasteiger partial charge in [-0.2, -0.15) is 0 Å². The lowest BCUT2D eigenvalue weighted by atomic mass is 9.80. The minimum atomic E-state index is -0.445. The zero-order chi connectivity index (χ0) is 15.1. The first-order valence-corrected chi connectivity index (χ1v) is 7.69. The fourth-order valence-corrected chi connectivity index (χ4v) is 3.52. The number of nitrogens with one attached hydrogen (secondary N) is 1. The van der Waals surface area contributed by atoms with E-state index in [0.717, 1.165) is 40.8 Å². The van der Waals surface area contributed by atoms with Crippen LogP contribution in [0.15, 0.2) is 48.5 Å². The average Bonchev–Trinajstić information content (AvgIpc) is 2.98. The van der Waals surface area contributed by atoms with Crippen LogP contribution in [-0.4, -0.2) is 17.2 Å². The summed E-state index contributed by atoms with van der Waals surface area (Å²) in [5.74, 6) is 0.973. The topological polar surface area (TPSA) is 45.2 Å². The van der Waals surface area contributed by atoms with Gasteiger partial charge in [0.1, 0.15) is 5.75 Å². The fraction of sp³-hybridized carbons (Fsp3) is 0.263. The number of benzene rings is 2. The van der Waals surface area contributed by atoms with E-state index in [2.05, 4.69) is 17.1 Å². The van der Waals surface area contributed by atoms with Crippen LogP contribution < -0.4 is 4.74 Å². The van der Waals surface area contributed by atoms with E-state index < -0.39 is 6.10 Å². The van der Waals surface area contributed by atoms with Crippen LogP contribution in [-0.2, 0) is 6.42 Å². The van der Waals surface area contributed by atoms with Crippen LogP contribution in [0.5, 0.6) is 5.75 Å². The van der Waals surface area contributed by atoms with Crippen LogP contribution in [0, 0.1) is 0 Å². The van der Waals surface area contributed by atoms with Crippen molar-refractivity contribution in [2.75, 3.05) is 7.11 Å². The number of aromatic amines is 1. The Kier molecular flexibility index (Phi) is 3.16. The molecule has 0 bridgehead atoms. The Bertz CT molecular complexity index is 821. The molecule has 2 aromatic carbocycles. The second-order valence-corrected chi connectivity index (χ2v) is 5.97. The van der Waals surface area contributed by atoms with Gasteiger partial charge in [-0.05, 0) is 48.2 Å². The van der Waals surface area contributed by atoms with Crippen molar-refractivity contribution >= 4 is 10.9 Å². The van der Waals surface area contributed by atoms with E-state index in [1.165, 1.54) is 5.56 Å². The highest BCUT2D eigenvalue weighted by atomic mass is 16.5. The minimum absolute atomic E-state index is 0.119. The Morgan fingerprint density at radius 3 is 2.86 bits per heavy atom. The molecule has 1 heterocycles. The first kappa shape index (κ1) is 13.4. The van der Waals surface area contributed by atoms with E-state index >= 15 is 0 Å². The first-order chi connectivity index (χ1) is 10.8. The van der Waals surface area contributed by atoms with E-state index in [1.807, 2.05) is 36.4 Å². The summed E-state index contributed by atoms with van der Waals surface area (Å²) in [4.78, 5) is 3.46. The van der Waals surface area contributed by atoms with Crippen LogP contribution in [0.2, 0.25) is 0 Å². The Morgan fingerprint density at radius 1 is 1.14 bits per heavy atom. The highest BCUT2D eigenvalue weighted by Gasteiger charge is 2.29. The molecule has 2 unspecified atom stereocenters. The molecule has 4 rings (SSSR count). The molecule has 112 valence electrons. The number of hydrogen-bond acceptors (Lipinski definition) is 2. The molecule has 0 amide bonds. The SMILES string of the molecule is COc1ccc2[nH]c(C3CCc4ccccc4C3O)cc2c1. The predicted octanol–water partition coefficient (Wildman–Crippen LogP) is 3.94. The summed E-state index contributed by atoms with van der Waals surface area (Å²) in [6.45, 7) is 0. The van der Waals surface area contributed by atoms with Crippen LogP contribution in [0.4, 0.5) is 0 Å². The molecule has 3 nitrogen and oxygen atoms in total. The van der Waals surface area contributed by atoms with Gasteiger partial charge in [0.2, 0.25) is 0 Å². The third kappa shape index (κ3) is 2.09. The Labute approximate surface area is 129 Å². The summed E-state index contributed by atoms with van der Waals surface area (Å²) in [6, 6.07) is 16.3. The van der Waals surface area contributed by atoms with Gasteiger partial charge in [0.05, 0.1) is 13.2 Å². The lowest BCUT2D eigenvalue weighted by molar-refractivity contribution is 0.130. The molecule has 2 N–H and O–H groups in total. The molecule has 0 saturated carbocycles. The van der Waals surface area contributed by atoms with Crippen molar-refractivity contribution < 1.29 is 9.84 Å². The molecule has 1 aliphatic carbocycles. The molecule has 1 aromatic heterocycles. The lowest BCUT2D eigenvalue weighted by Crippen LogP contribution is -2.19. The van der Waals surface area contributed by atoms with Crippen molar-refractivity contribution in [1.29, 1.82) is 0 Å². The number of aromatic nitrogens is 1. The van der Waals surface area contributed by atoms with Crippen molar-refractivity contribution in [3.8, 4) is 5.75 Å². The second kappa shape index (κ2) is 5.18. The van der Waals surface area contributed by atoms with E-state index in [4.69, 9.17) is 4.74 Å². The maximum Gasteiger partial charge on any atom is 0.119 e. The Hall–Kier alpha value is -2.26. The number of rotatable bonds is 2. The van der Waals surface area contributed by atoms with Crippen LogP contribution in [0.3, 0.4) is 0 Å². The standard InChI is InChI=1S/C19H19NO2/c1-22-14-7-9-17-13(10-14)11-18(20-17)16-8-6-12-4-2-3-5-15(12)19(16)21/h2-5,7,9-11,16,19-21H,6,8H2,1H3. The molecular formula is C19H19NO2. The number of aliphatic hydroxyl groups excluding tert-OH is 1. The fourth-order valence-electron chi connectivity index (χ4n) is 3.52. The number of aliphatic hydroxyl groups is 1. The van der Waals surface area contributed by atoms with Gasteiger partial charge < -0.3 is 14.8 Å². The third-order valence-electron chi connectivity index (χ3n) is 4.73. The number of fused-ring (bicyclic) bond motifs is 2. The minimum Gasteiger partial charge on any atom is -0.497 e. The smallest absolute Gasteiger partial charge is 0.119 e. The molecule has 3 aromatic rings. The van der Waals surface area contributed by atoms with Crippen molar-refractivity contribution in [3.05, 3.63) is 65.4 Å². The summed E-state index contributed by atoms with van der Waals surface area (Å²) in [5, 5.41) is 11.9. The molecule has 0 aliphatic heterocycles. The van der Waals surface area contributed by atoms with Crippen molar-refractivity contribution in [1.82, 2.24) is 4.98 Å². The summed E-state index contributed by atoms with van der Waals surface area (Å²) in [5.41, 5.74) is 4.52. The molecule has 0 fully saturated rings. The van der Waals surface area contributed by atoms with Crippen LogP contribution in [0.25, 0.3) is 10.9 Å². The zero-order valence-electron chi connectivity index (χ0n) is 12.5. The zero-order valence-corrected chi connectivity index (χ0v) is 12.5. The summed E-state index contributed by atoms with van der Waals surface area (Å²) in [6.07, 6.45) is 1.53. The highest BCUT2D eigenvalue weighted by molar-refractivity contribution is 5.82. The van der Waals surface area contributed by atoms with Crippen molar-refractivity contribution in [3.63, 3.8) is 0 Å². The van der Waals surface area contributed by atoms with Crippen LogP contribution >= 0.6 is 0 Å². The summed E-state index contributed by atoms with van der Waals surface area (Å²) < 4.78 is 5.28. The number of aryl methyl sites for hydroxylation is 1. The van der Waals surface area contributed by atoms with Gasteiger partial charge >= 0.3 is 0 Å². The summed E-state index contributed by atoms with van der Waals surface area (Å²) >= 11 is 0. The van der Waals surface area contributed by atoms with Gasteiger partial charge in [0.25, 0.3) is 0 Å². The maximum atomic E-state index is 10.8. The summed E-state index contributed by atoms with van der Waals surface area (Å²) in [7, 11) is 1.68. The molecule has 3 heteroatoms. The largest absolute Gasteiger partial charge is 0.497 e. The molecular weight excluding hydrogens is 274 g/mol. The van der Waals surface area contributed by atoms with Gasteiger partial charge in [-0.25, -0.2) is 0 Å². The Balaban J connectivity index is 1.73. The van der Waals surface area contributed by atoms with Crippen molar-refractivity contribution in [2.24, 2.45) is 0 Å². The average molecular weight is 293 g/mol. The van der Waals surface area contributed by atoms with E-state index in [9.17, 15) is 5.11 Å². The molecule has 1 aliphatic rings. The highest BCUT2D eigenvalue weighted by Crippen LogP contribution is 2.41. The Morgan fingerprint density at radius 2 is 2.00 bits per heavy atom. The molecule has 0 saturated heterocycles. The van der Waals surface area contributed by atoms with Gasteiger partial charge in [0.15, 0.2) is 0 Å². The molecule has 0 radical (unpaired) electrons. The maximum absolute atomic E-state index is 10.8. The molecule has 22 heavy (non-hydrogen) atoms. The van der Waals surface area contributed by atoms with Crippen LogP contribution in [0.1, 0.15) is 35.3 Å². The number of ether oxygens (including phenoxy) is 1. The first-order valence-electron chi connectivity index (χ1n) is 7.69. The number of hydrogen-bond donors (Lipinski definition) is 2. The predicted molar refractivity (Wildman–Crippen MR) is 87.3 cm³/mol. The van der Waals surface area contributed by atoms with E-state index in [0.29, 0.717) is 0 Å². The van der Waals surface area contributed by atoms with Gasteiger partial charge in [-0.15, -0.1) is 0 Å². The quantitative estimate of drug-likeness (QED) is 0.751. The monoisotopic (exact) mass is 293 g/mol. The van der Waals surface area contributed by atoms with Crippen molar-refractivity contribution in [2.45, 2.75) is 24.9 Å².